The van der Waals surface area contributed by atoms with Gasteiger partial charge in [0.05, 0.1) is 12.6 Å². The van der Waals surface area contributed by atoms with Gasteiger partial charge in [0.2, 0.25) is 0 Å². The Morgan fingerprint density at radius 1 is 1.21 bits per heavy atom. The van der Waals surface area contributed by atoms with E-state index in [9.17, 15) is 9.59 Å². The number of likely N-dealkylation sites (tertiary alicyclic amines) is 1. The maximum atomic E-state index is 13.7. The lowest BCUT2D eigenvalue weighted by atomic mass is 10.0. The van der Waals surface area contributed by atoms with E-state index in [1.165, 1.54) is 11.8 Å². The molecule has 34 heavy (non-hydrogen) atoms. The maximum absolute atomic E-state index is 13.7. The molecule has 1 amide bonds. The smallest absolute Gasteiger partial charge is 0.410 e. The zero-order valence-electron chi connectivity index (χ0n) is 20.1. The van der Waals surface area contributed by atoms with Crippen molar-refractivity contribution in [2.45, 2.75) is 44.2 Å². The Morgan fingerprint density at radius 3 is 2.59 bits per heavy atom. The van der Waals surface area contributed by atoms with E-state index in [-0.39, 0.29) is 23.7 Å². The summed E-state index contributed by atoms with van der Waals surface area (Å²) in [4.78, 5) is 37.1. The van der Waals surface area contributed by atoms with Gasteiger partial charge in [-0.05, 0) is 38.7 Å². The minimum absolute atomic E-state index is 0.0999. The van der Waals surface area contributed by atoms with Gasteiger partial charge >= 0.3 is 6.09 Å². The van der Waals surface area contributed by atoms with Crippen LogP contribution in [0.15, 0.2) is 52.5 Å². The molecule has 8 nitrogen and oxygen atoms in total. The molecule has 180 valence electrons. The van der Waals surface area contributed by atoms with Crippen LogP contribution in [0.2, 0.25) is 0 Å². The van der Waals surface area contributed by atoms with Gasteiger partial charge < -0.3 is 14.4 Å². The van der Waals surface area contributed by atoms with Crippen LogP contribution in [0.5, 0.6) is 0 Å². The number of methoxy groups -OCH3 is 1. The van der Waals surface area contributed by atoms with E-state index in [2.05, 4.69) is 9.97 Å². The third-order valence-electron chi connectivity index (χ3n) is 5.82. The van der Waals surface area contributed by atoms with Crippen molar-refractivity contribution in [3.05, 3.63) is 52.9 Å². The van der Waals surface area contributed by atoms with Crippen LogP contribution in [0.25, 0.3) is 22.2 Å². The average Bonchev–Trinajstić information content (AvgIpc) is 3.23. The van der Waals surface area contributed by atoms with Gasteiger partial charge in [0.25, 0.3) is 5.56 Å². The van der Waals surface area contributed by atoms with Gasteiger partial charge in [0.1, 0.15) is 11.2 Å². The van der Waals surface area contributed by atoms with Crippen LogP contribution in [0.3, 0.4) is 0 Å². The third kappa shape index (κ3) is 5.10. The first kappa shape index (κ1) is 24.2. The molecule has 3 aromatic rings. The van der Waals surface area contributed by atoms with E-state index in [4.69, 9.17) is 9.47 Å². The van der Waals surface area contributed by atoms with Crippen LogP contribution in [0, 0.1) is 5.92 Å². The van der Waals surface area contributed by atoms with E-state index >= 15 is 0 Å². The number of fused-ring (bicyclic) bond motifs is 1. The standard InChI is InChI=1S/C25H30N4O4S/c1-25(2,3)33-24(31)28-13-18(20(15-28)32-4)14-29-21-17(12-26-23(27-21)34-5)11-19(22(29)30)16-9-7-6-8-10-16/h6-12,18,20H,13-15H2,1-5H3/t18-,20+/m0/s1. The normalized spacial score (nSPS) is 18.4. The number of carbonyl (C=O) groups excluding carboxylic acids is 1. The summed E-state index contributed by atoms with van der Waals surface area (Å²) in [7, 11) is 1.63. The average molecular weight is 483 g/mol. The number of rotatable bonds is 5. The fraction of sp³-hybridized carbons (Fsp3) is 0.440. The molecule has 1 fully saturated rings. The number of hydrogen-bond donors (Lipinski definition) is 0. The Kier molecular flexibility index (Phi) is 6.95. The number of thioether (sulfide) groups is 1. The number of hydrogen-bond acceptors (Lipinski definition) is 7. The molecule has 0 radical (unpaired) electrons. The molecule has 0 saturated carbocycles. The number of benzene rings is 1. The van der Waals surface area contributed by atoms with E-state index in [1.807, 2.05) is 63.4 Å². The molecule has 1 aliphatic heterocycles. The summed E-state index contributed by atoms with van der Waals surface area (Å²) in [6.45, 7) is 6.73. The third-order valence-corrected chi connectivity index (χ3v) is 6.39. The Hall–Kier alpha value is -2.91. The first-order chi connectivity index (χ1) is 16.2. The molecule has 2 atom stereocenters. The van der Waals surface area contributed by atoms with Crippen molar-refractivity contribution in [3.63, 3.8) is 0 Å². The fourth-order valence-electron chi connectivity index (χ4n) is 4.23. The van der Waals surface area contributed by atoms with Gasteiger partial charge in [-0.25, -0.2) is 14.8 Å². The first-order valence-electron chi connectivity index (χ1n) is 11.2. The second-order valence-electron chi connectivity index (χ2n) is 9.40. The van der Waals surface area contributed by atoms with Crippen LogP contribution in [-0.2, 0) is 16.0 Å². The van der Waals surface area contributed by atoms with Crippen molar-refractivity contribution < 1.29 is 14.3 Å². The van der Waals surface area contributed by atoms with Crippen LogP contribution in [-0.4, -0.2) is 63.7 Å². The molecule has 0 aliphatic carbocycles. The highest BCUT2D eigenvalue weighted by molar-refractivity contribution is 7.98. The minimum Gasteiger partial charge on any atom is -0.444 e. The predicted molar refractivity (Wildman–Crippen MR) is 133 cm³/mol. The molecule has 0 spiro atoms. The second kappa shape index (κ2) is 9.76. The molecule has 2 aromatic heterocycles. The van der Waals surface area contributed by atoms with Gasteiger partial charge in [-0.3, -0.25) is 9.36 Å². The number of amides is 1. The monoisotopic (exact) mass is 482 g/mol. The summed E-state index contributed by atoms with van der Waals surface area (Å²) in [6.07, 6.45) is 3.06. The predicted octanol–water partition coefficient (Wildman–Crippen LogP) is 4.06. The van der Waals surface area contributed by atoms with Crippen molar-refractivity contribution in [2.75, 3.05) is 26.5 Å². The van der Waals surface area contributed by atoms with Gasteiger partial charge in [-0.2, -0.15) is 0 Å². The lowest BCUT2D eigenvalue weighted by molar-refractivity contribution is 0.0251. The molecule has 1 saturated heterocycles. The number of carbonyl (C=O) groups is 1. The van der Waals surface area contributed by atoms with Crippen molar-refractivity contribution in [1.82, 2.24) is 19.4 Å². The maximum Gasteiger partial charge on any atom is 0.410 e. The SMILES string of the molecule is CO[C@@H]1CN(C(=O)OC(C)(C)C)C[C@H]1Cn1c(=O)c(-c2ccccc2)cc2cnc(SC)nc21. The fourth-order valence-corrected chi connectivity index (χ4v) is 4.57. The Balaban J connectivity index is 1.74. The van der Waals surface area contributed by atoms with E-state index in [0.29, 0.717) is 36.0 Å². The molecule has 0 N–H and O–H groups in total. The molecule has 1 aromatic carbocycles. The number of ether oxygens (including phenoxy) is 2. The Bertz CT molecular complexity index is 1240. The zero-order chi connectivity index (χ0) is 24.5. The van der Waals surface area contributed by atoms with Crippen molar-refractivity contribution in [1.29, 1.82) is 0 Å². The van der Waals surface area contributed by atoms with E-state index < -0.39 is 5.60 Å². The first-order valence-corrected chi connectivity index (χ1v) is 12.4. The molecule has 3 heterocycles. The number of nitrogens with zero attached hydrogens (tertiary/aromatic N) is 4. The van der Waals surface area contributed by atoms with Crippen LogP contribution in [0.1, 0.15) is 20.8 Å². The molecular formula is C25H30N4O4S. The lowest BCUT2D eigenvalue weighted by Crippen LogP contribution is -2.36. The van der Waals surface area contributed by atoms with Crippen LogP contribution in [0.4, 0.5) is 4.79 Å². The summed E-state index contributed by atoms with van der Waals surface area (Å²) >= 11 is 1.42. The molecule has 9 heteroatoms. The van der Waals surface area contributed by atoms with Gasteiger partial charge in [0, 0.05) is 43.3 Å². The highest BCUT2D eigenvalue weighted by Gasteiger charge is 2.38. The lowest BCUT2D eigenvalue weighted by Gasteiger charge is -2.24. The summed E-state index contributed by atoms with van der Waals surface area (Å²) < 4.78 is 13.0. The van der Waals surface area contributed by atoms with E-state index in [1.54, 1.807) is 22.8 Å². The second-order valence-corrected chi connectivity index (χ2v) is 10.2. The zero-order valence-corrected chi connectivity index (χ0v) is 21.0. The minimum atomic E-state index is -0.583. The van der Waals surface area contributed by atoms with Gasteiger partial charge in [-0.1, -0.05) is 42.1 Å². The summed E-state index contributed by atoms with van der Waals surface area (Å²) in [6, 6.07) is 11.4. The van der Waals surface area contributed by atoms with E-state index in [0.717, 1.165) is 10.9 Å². The van der Waals surface area contributed by atoms with Crippen molar-refractivity contribution in [3.8, 4) is 11.1 Å². The molecule has 1 aliphatic rings. The molecule has 4 rings (SSSR count). The van der Waals surface area contributed by atoms with Gasteiger partial charge in [0.15, 0.2) is 5.16 Å². The van der Waals surface area contributed by atoms with Crippen LogP contribution < -0.4 is 5.56 Å². The quantitative estimate of drug-likeness (QED) is 0.400. The molecule has 0 bridgehead atoms. The summed E-state index contributed by atoms with van der Waals surface area (Å²) in [5.41, 5.74) is 1.29. The highest BCUT2D eigenvalue weighted by atomic mass is 32.2. The Morgan fingerprint density at radius 2 is 1.94 bits per heavy atom. The van der Waals surface area contributed by atoms with Crippen molar-refractivity contribution in [2.24, 2.45) is 5.92 Å². The molecular weight excluding hydrogens is 452 g/mol. The van der Waals surface area contributed by atoms with Gasteiger partial charge in [-0.15, -0.1) is 0 Å². The Labute approximate surface area is 203 Å². The molecule has 0 unspecified atom stereocenters. The summed E-state index contributed by atoms with van der Waals surface area (Å²) in [5.74, 6) is -0.0999. The topological polar surface area (TPSA) is 86.5 Å². The number of aromatic nitrogens is 3. The number of pyridine rings is 1. The largest absolute Gasteiger partial charge is 0.444 e. The van der Waals surface area contributed by atoms with Crippen LogP contribution >= 0.6 is 11.8 Å². The summed E-state index contributed by atoms with van der Waals surface area (Å²) in [5, 5.41) is 1.38. The van der Waals surface area contributed by atoms with Crippen molar-refractivity contribution >= 4 is 28.9 Å². The highest BCUT2D eigenvalue weighted by Crippen LogP contribution is 2.26.